The lowest BCUT2D eigenvalue weighted by molar-refractivity contribution is -0.319. The summed E-state index contributed by atoms with van der Waals surface area (Å²) in [4.78, 5) is 0. The Hall–Kier alpha value is -1.44. The maximum absolute atomic E-state index is 10.2. The molecular formula is C20H28O10. The van der Waals surface area contributed by atoms with Crippen molar-refractivity contribution >= 4 is 6.08 Å². The third kappa shape index (κ3) is 5.62. The Balaban J connectivity index is 1.52. The molecule has 9 atom stereocenters. The molecule has 2 aliphatic heterocycles. The molecule has 0 spiro atoms. The molecule has 0 aliphatic carbocycles. The molecule has 2 heterocycles. The molecular weight excluding hydrogens is 400 g/mol. The minimum absolute atomic E-state index is 0.0849. The van der Waals surface area contributed by atoms with E-state index in [4.69, 9.17) is 18.9 Å². The Morgan fingerprint density at radius 1 is 0.833 bits per heavy atom. The summed E-state index contributed by atoms with van der Waals surface area (Å²) >= 11 is 0. The quantitative estimate of drug-likeness (QED) is 0.286. The largest absolute Gasteiger partial charge is 0.388 e. The maximum atomic E-state index is 10.2. The number of hydrogen-bond acceptors (Lipinski definition) is 10. The second-order valence-electron chi connectivity index (χ2n) is 7.24. The van der Waals surface area contributed by atoms with Crippen molar-refractivity contribution in [3.05, 3.63) is 42.0 Å². The van der Waals surface area contributed by atoms with Gasteiger partial charge in [-0.2, -0.15) is 0 Å². The van der Waals surface area contributed by atoms with Crippen LogP contribution in [0.15, 0.2) is 36.4 Å². The number of rotatable bonds is 7. The van der Waals surface area contributed by atoms with Crippen molar-refractivity contribution in [2.45, 2.75) is 55.3 Å². The summed E-state index contributed by atoms with van der Waals surface area (Å²) in [5.41, 5.74) is 0.964. The Kier molecular flexibility index (Phi) is 8.31. The molecule has 2 fully saturated rings. The van der Waals surface area contributed by atoms with Crippen molar-refractivity contribution in [3.63, 3.8) is 0 Å². The zero-order valence-corrected chi connectivity index (χ0v) is 16.2. The maximum Gasteiger partial charge on any atom is 0.187 e. The molecule has 0 saturated carbocycles. The van der Waals surface area contributed by atoms with E-state index in [0.717, 1.165) is 5.56 Å². The van der Waals surface area contributed by atoms with Crippen LogP contribution in [-0.2, 0) is 18.9 Å². The van der Waals surface area contributed by atoms with Gasteiger partial charge in [-0.1, -0.05) is 42.5 Å². The van der Waals surface area contributed by atoms with Crippen LogP contribution in [0.2, 0.25) is 0 Å². The van der Waals surface area contributed by atoms with E-state index in [-0.39, 0.29) is 19.8 Å². The second-order valence-corrected chi connectivity index (χ2v) is 7.24. The van der Waals surface area contributed by atoms with Gasteiger partial charge in [0.15, 0.2) is 12.6 Å². The summed E-state index contributed by atoms with van der Waals surface area (Å²) in [6, 6.07) is 9.50. The summed E-state index contributed by atoms with van der Waals surface area (Å²) in [7, 11) is 0. The fraction of sp³-hybridized carbons (Fsp3) is 0.600. The highest BCUT2D eigenvalue weighted by Gasteiger charge is 2.45. The molecule has 0 radical (unpaired) electrons. The van der Waals surface area contributed by atoms with Crippen LogP contribution in [0.5, 0.6) is 0 Å². The molecule has 0 amide bonds. The fourth-order valence-corrected chi connectivity index (χ4v) is 3.21. The summed E-state index contributed by atoms with van der Waals surface area (Å²) in [5.74, 6) is 0. The molecule has 0 bridgehead atoms. The molecule has 0 aromatic heterocycles. The van der Waals surface area contributed by atoms with Crippen molar-refractivity contribution in [2.75, 3.05) is 19.8 Å². The Morgan fingerprint density at radius 2 is 1.53 bits per heavy atom. The van der Waals surface area contributed by atoms with Gasteiger partial charge in [-0.3, -0.25) is 0 Å². The molecule has 3 rings (SSSR count). The van der Waals surface area contributed by atoms with Crippen LogP contribution < -0.4 is 0 Å². The van der Waals surface area contributed by atoms with Gasteiger partial charge < -0.3 is 49.6 Å². The number of benzene rings is 1. The molecule has 10 heteroatoms. The average molecular weight is 428 g/mol. The van der Waals surface area contributed by atoms with E-state index in [2.05, 4.69) is 0 Å². The lowest BCUT2D eigenvalue weighted by atomic mass is 9.99. The molecule has 1 aromatic rings. The minimum atomic E-state index is -1.54. The Labute approximate surface area is 173 Å². The normalized spacial score (nSPS) is 40.0. The minimum Gasteiger partial charge on any atom is -0.388 e. The van der Waals surface area contributed by atoms with Gasteiger partial charge in [0, 0.05) is 0 Å². The predicted molar refractivity (Wildman–Crippen MR) is 102 cm³/mol. The smallest absolute Gasteiger partial charge is 0.187 e. The predicted octanol–water partition coefficient (Wildman–Crippen LogP) is -2.02. The number of ether oxygens (including phenoxy) is 4. The van der Waals surface area contributed by atoms with E-state index >= 15 is 0 Å². The number of aliphatic hydroxyl groups is 6. The third-order valence-corrected chi connectivity index (χ3v) is 5.01. The van der Waals surface area contributed by atoms with Crippen molar-refractivity contribution in [1.82, 2.24) is 0 Å². The molecule has 6 N–H and O–H groups in total. The zero-order chi connectivity index (χ0) is 21.7. The third-order valence-electron chi connectivity index (χ3n) is 5.01. The highest BCUT2D eigenvalue weighted by Crippen LogP contribution is 2.24. The molecule has 2 aliphatic rings. The van der Waals surface area contributed by atoms with Crippen molar-refractivity contribution in [1.29, 1.82) is 0 Å². The summed E-state index contributed by atoms with van der Waals surface area (Å²) < 4.78 is 21.5. The number of hydrogen-bond donors (Lipinski definition) is 6. The van der Waals surface area contributed by atoms with Crippen LogP contribution in [-0.4, -0.2) is 106 Å². The molecule has 168 valence electrons. The summed E-state index contributed by atoms with van der Waals surface area (Å²) in [6.45, 7) is -0.478. The van der Waals surface area contributed by atoms with Gasteiger partial charge >= 0.3 is 0 Å². The van der Waals surface area contributed by atoms with E-state index in [1.54, 1.807) is 6.08 Å². The van der Waals surface area contributed by atoms with Crippen molar-refractivity contribution in [2.24, 2.45) is 0 Å². The van der Waals surface area contributed by atoms with E-state index in [1.807, 2.05) is 36.4 Å². The van der Waals surface area contributed by atoms with E-state index in [0.29, 0.717) is 0 Å². The second kappa shape index (κ2) is 10.7. The summed E-state index contributed by atoms with van der Waals surface area (Å²) in [6.07, 6.45) is -8.71. The van der Waals surface area contributed by atoms with Gasteiger partial charge in [-0.25, -0.2) is 0 Å². The van der Waals surface area contributed by atoms with Gasteiger partial charge in [0.25, 0.3) is 0 Å². The zero-order valence-electron chi connectivity index (χ0n) is 16.2. The van der Waals surface area contributed by atoms with Crippen molar-refractivity contribution < 1.29 is 49.6 Å². The van der Waals surface area contributed by atoms with E-state index < -0.39 is 55.3 Å². The van der Waals surface area contributed by atoms with Gasteiger partial charge in [-0.05, 0) is 5.56 Å². The molecule has 10 nitrogen and oxygen atoms in total. The molecule has 1 aromatic carbocycles. The molecule has 0 unspecified atom stereocenters. The molecule has 2 saturated heterocycles. The monoisotopic (exact) mass is 428 g/mol. The lowest BCUT2D eigenvalue weighted by Crippen LogP contribution is -2.60. The Bertz CT molecular complexity index is 671. The lowest BCUT2D eigenvalue weighted by Gasteiger charge is -2.41. The first-order valence-corrected chi connectivity index (χ1v) is 9.68. The van der Waals surface area contributed by atoms with Gasteiger partial charge in [-0.15, -0.1) is 0 Å². The van der Waals surface area contributed by atoms with E-state index in [9.17, 15) is 30.6 Å². The van der Waals surface area contributed by atoms with Gasteiger partial charge in [0.2, 0.25) is 0 Å². The van der Waals surface area contributed by atoms with Crippen LogP contribution in [0.3, 0.4) is 0 Å². The van der Waals surface area contributed by atoms with Crippen LogP contribution >= 0.6 is 0 Å². The first kappa shape index (κ1) is 23.2. The summed E-state index contributed by atoms with van der Waals surface area (Å²) in [5, 5.41) is 59.4. The van der Waals surface area contributed by atoms with Gasteiger partial charge in [0.1, 0.15) is 42.7 Å². The van der Waals surface area contributed by atoms with Crippen LogP contribution in [0, 0.1) is 0 Å². The highest BCUT2D eigenvalue weighted by molar-refractivity contribution is 5.48. The van der Waals surface area contributed by atoms with Crippen LogP contribution in [0.25, 0.3) is 6.08 Å². The first-order valence-electron chi connectivity index (χ1n) is 9.68. The van der Waals surface area contributed by atoms with Crippen LogP contribution in [0.1, 0.15) is 5.56 Å². The average Bonchev–Trinajstić information content (AvgIpc) is 2.76. The Morgan fingerprint density at radius 3 is 2.27 bits per heavy atom. The highest BCUT2D eigenvalue weighted by atomic mass is 16.7. The van der Waals surface area contributed by atoms with Crippen molar-refractivity contribution in [3.8, 4) is 0 Å². The standard InChI is InChI=1S/C20H28O10/c21-12-9-28-19(17(25)14(12)22)29-10-13-15(23)16(24)18(26)20(30-13)27-8-4-7-11-5-2-1-3-6-11/h1-7,12-26H,8-10H2/b7-4-/t12-,13+,14+,15+,16-,17+,18+,19+,20+/m0/s1. The van der Waals surface area contributed by atoms with Gasteiger partial charge in [0.05, 0.1) is 19.8 Å². The van der Waals surface area contributed by atoms with E-state index in [1.165, 1.54) is 0 Å². The van der Waals surface area contributed by atoms with Crippen LogP contribution in [0.4, 0.5) is 0 Å². The molecule has 30 heavy (non-hydrogen) atoms. The fourth-order valence-electron chi connectivity index (χ4n) is 3.21. The topological polar surface area (TPSA) is 158 Å². The number of aliphatic hydroxyl groups excluding tert-OH is 6. The first-order chi connectivity index (χ1) is 14.4. The SMILES string of the molecule is O[C@@H]1[C@@H](O)[C@H](OC/C=C\c2ccccc2)O[C@H](CO[C@H]2OC[C@H](O)[C@@H](O)[C@H]2O)[C@H]1O.